The number of rotatable bonds is 4. The van der Waals surface area contributed by atoms with Gasteiger partial charge in [-0.15, -0.1) is 12.3 Å². The molecule has 1 unspecified atom stereocenters. The van der Waals surface area contributed by atoms with Gasteiger partial charge in [-0.3, -0.25) is 0 Å². The van der Waals surface area contributed by atoms with E-state index in [1.165, 1.54) is 7.11 Å². The summed E-state index contributed by atoms with van der Waals surface area (Å²) in [7, 11) is 0.283. The summed E-state index contributed by atoms with van der Waals surface area (Å²) in [5.41, 5.74) is 1.91. The molecule has 0 aromatic rings. The lowest BCUT2D eigenvalue weighted by molar-refractivity contribution is 0.0857. The summed E-state index contributed by atoms with van der Waals surface area (Å²) in [5.74, 6) is 0. The van der Waals surface area contributed by atoms with E-state index in [0.29, 0.717) is 6.23 Å². The number of carbonyl (C=O) groups excluding carboxylic acids is 1. The summed E-state index contributed by atoms with van der Waals surface area (Å²) in [5, 5.41) is 0. The monoisotopic (exact) mass is 174 g/mol. The second-order valence-electron chi connectivity index (χ2n) is 2.17. The van der Waals surface area contributed by atoms with Crippen LogP contribution in [0.3, 0.4) is 0 Å². The molecule has 3 nitrogen and oxygen atoms in total. The van der Waals surface area contributed by atoms with Crippen molar-refractivity contribution in [2.24, 2.45) is 0 Å². The molecule has 0 saturated carbocycles. The van der Waals surface area contributed by atoms with Crippen molar-refractivity contribution in [3.8, 4) is 0 Å². The Labute approximate surface area is 68.6 Å². The van der Waals surface area contributed by atoms with Crippen LogP contribution < -0.4 is 0 Å². The molecule has 11 heavy (non-hydrogen) atoms. The fourth-order valence-electron chi connectivity index (χ4n) is 0.587. The van der Waals surface area contributed by atoms with Crippen LogP contribution >= 0.6 is 0 Å². The van der Waals surface area contributed by atoms with E-state index in [9.17, 15) is 4.79 Å². The zero-order valence-electron chi connectivity index (χ0n) is 7.00. The predicted molar refractivity (Wildman–Crippen MR) is 46.2 cm³/mol. The molecule has 0 aliphatic rings. The summed E-state index contributed by atoms with van der Waals surface area (Å²) in [6.45, 7) is 5.73. The van der Waals surface area contributed by atoms with Crippen molar-refractivity contribution in [3.63, 3.8) is 0 Å². The Balaban J connectivity index is 3.50. The topological polar surface area (TPSA) is 35.5 Å². The maximum Gasteiger partial charge on any atom is 0.507 e. The normalized spacial score (nSPS) is 11.8. The van der Waals surface area contributed by atoms with E-state index in [0.717, 1.165) is 6.04 Å². The molecular weight excluding hydrogens is 160 g/mol. The van der Waals surface area contributed by atoms with E-state index in [1.54, 1.807) is 0 Å². The Morgan fingerprint density at radius 2 is 2.36 bits per heavy atom. The van der Waals surface area contributed by atoms with Crippen molar-refractivity contribution in [1.29, 1.82) is 0 Å². The molecule has 0 aliphatic carbocycles. The molecule has 1 atom stereocenters. The molecule has 4 heteroatoms. The zero-order valence-corrected chi connectivity index (χ0v) is 8.16. The SMILES string of the molecule is C=C[SiH](CC)COC(=O)OC. The van der Waals surface area contributed by atoms with E-state index in [-0.39, 0.29) is 0 Å². The van der Waals surface area contributed by atoms with Crippen molar-refractivity contribution in [2.45, 2.75) is 13.0 Å². The molecule has 0 aromatic carbocycles. The second kappa shape index (κ2) is 5.97. The minimum absolute atomic E-state index is 0.493. The van der Waals surface area contributed by atoms with Gasteiger partial charge in [0.25, 0.3) is 0 Å². The number of carbonyl (C=O) groups is 1. The van der Waals surface area contributed by atoms with E-state index in [2.05, 4.69) is 18.2 Å². The first-order chi connectivity index (χ1) is 5.24. The van der Waals surface area contributed by atoms with E-state index >= 15 is 0 Å². The molecule has 64 valence electrons. The highest BCUT2D eigenvalue weighted by atomic mass is 28.3. The smallest absolute Gasteiger partial charge is 0.438 e. The maximum absolute atomic E-state index is 10.5. The maximum atomic E-state index is 10.5. The number of ether oxygens (including phenoxy) is 2. The summed E-state index contributed by atoms with van der Waals surface area (Å²) in [6, 6.07) is 1.06. The highest BCUT2D eigenvalue weighted by Gasteiger charge is 2.07. The quantitative estimate of drug-likeness (QED) is 0.476. The highest BCUT2D eigenvalue weighted by Crippen LogP contribution is 1.94. The fraction of sp³-hybridized carbons (Fsp3) is 0.571. The van der Waals surface area contributed by atoms with Crippen LogP contribution in [0.15, 0.2) is 12.3 Å². The van der Waals surface area contributed by atoms with Crippen molar-refractivity contribution >= 4 is 15.0 Å². The summed E-state index contributed by atoms with van der Waals surface area (Å²) >= 11 is 0. The van der Waals surface area contributed by atoms with Crippen LogP contribution in [-0.4, -0.2) is 28.3 Å². The first-order valence-electron chi connectivity index (χ1n) is 3.57. The van der Waals surface area contributed by atoms with Crippen LogP contribution in [0.5, 0.6) is 0 Å². The molecule has 0 heterocycles. The highest BCUT2D eigenvalue weighted by molar-refractivity contribution is 6.64. The fourth-order valence-corrected chi connectivity index (χ4v) is 1.64. The molecule has 0 aliphatic heterocycles. The van der Waals surface area contributed by atoms with Crippen molar-refractivity contribution in [3.05, 3.63) is 12.3 Å². The third-order valence-electron chi connectivity index (χ3n) is 1.44. The molecule has 0 saturated heterocycles. The van der Waals surface area contributed by atoms with E-state index in [4.69, 9.17) is 4.74 Å². The van der Waals surface area contributed by atoms with E-state index < -0.39 is 15.0 Å². The third kappa shape index (κ3) is 4.61. The first-order valence-corrected chi connectivity index (χ1v) is 5.87. The lowest BCUT2D eigenvalue weighted by atomic mass is 11.0. The molecular formula is C7H14O3Si. The van der Waals surface area contributed by atoms with Crippen LogP contribution in [-0.2, 0) is 9.47 Å². The lowest BCUT2D eigenvalue weighted by Gasteiger charge is -2.06. The Bertz CT molecular complexity index is 136. The number of methoxy groups -OCH3 is 1. The standard InChI is InChI=1S/C7H14O3Si/c1-4-11(5-2)6-10-7(8)9-3/h4,11H,1,5-6H2,2-3H3. The Hall–Kier alpha value is -0.773. The zero-order chi connectivity index (χ0) is 8.69. The van der Waals surface area contributed by atoms with Crippen molar-refractivity contribution in [1.82, 2.24) is 0 Å². The molecule has 0 amide bonds. The molecule has 0 fully saturated rings. The summed E-state index contributed by atoms with van der Waals surface area (Å²) in [6.07, 6.45) is -0.107. The van der Waals surface area contributed by atoms with Crippen molar-refractivity contribution < 1.29 is 14.3 Å². The van der Waals surface area contributed by atoms with E-state index in [1.807, 2.05) is 5.70 Å². The van der Waals surface area contributed by atoms with Gasteiger partial charge in [0, 0.05) is 0 Å². The minimum atomic E-state index is -1.02. The molecule has 0 bridgehead atoms. The largest absolute Gasteiger partial charge is 0.507 e. The minimum Gasteiger partial charge on any atom is -0.438 e. The first kappa shape index (κ1) is 10.2. The van der Waals surface area contributed by atoms with Gasteiger partial charge in [0.15, 0.2) is 0 Å². The van der Waals surface area contributed by atoms with Crippen LogP contribution in [0.4, 0.5) is 4.79 Å². The van der Waals surface area contributed by atoms with Crippen LogP contribution in [0, 0.1) is 0 Å². The van der Waals surface area contributed by atoms with Crippen LogP contribution in [0.1, 0.15) is 6.92 Å². The molecule has 0 radical (unpaired) electrons. The van der Waals surface area contributed by atoms with Crippen LogP contribution in [0.25, 0.3) is 0 Å². The van der Waals surface area contributed by atoms with Gasteiger partial charge in [0.05, 0.1) is 13.3 Å². The second-order valence-corrected chi connectivity index (χ2v) is 5.31. The Morgan fingerprint density at radius 1 is 1.73 bits per heavy atom. The Kier molecular flexibility index (Phi) is 5.55. The van der Waals surface area contributed by atoms with Gasteiger partial charge < -0.3 is 9.47 Å². The Morgan fingerprint density at radius 3 is 2.73 bits per heavy atom. The third-order valence-corrected chi connectivity index (χ3v) is 3.75. The van der Waals surface area contributed by atoms with Gasteiger partial charge in [-0.2, -0.15) is 0 Å². The molecule has 0 rings (SSSR count). The molecule has 0 aromatic heterocycles. The predicted octanol–water partition coefficient (Wildman–Crippen LogP) is 1.28. The average molecular weight is 174 g/mol. The molecule has 0 spiro atoms. The van der Waals surface area contributed by atoms with Gasteiger partial charge in [-0.05, 0) is 0 Å². The average Bonchev–Trinajstić information content (AvgIpc) is 2.06. The van der Waals surface area contributed by atoms with Gasteiger partial charge >= 0.3 is 6.16 Å². The number of hydrogen-bond acceptors (Lipinski definition) is 3. The molecule has 0 N–H and O–H groups in total. The lowest BCUT2D eigenvalue weighted by Crippen LogP contribution is -2.20. The summed E-state index contributed by atoms with van der Waals surface area (Å²) < 4.78 is 9.08. The summed E-state index contributed by atoms with van der Waals surface area (Å²) in [4.78, 5) is 10.5. The van der Waals surface area contributed by atoms with Gasteiger partial charge in [0.1, 0.15) is 8.80 Å². The van der Waals surface area contributed by atoms with Gasteiger partial charge in [-0.1, -0.05) is 13.0 Å². The number of hydrogen-bond donors (Lipinski definition) is 0. The van der Waals surface area contributed by atoms with Crippen LogP contribution in [0.2, 0.25) is 6.04 Å². The van der Waals surface area contributed by atoms with Crippen molar-refractivity contribution in [2.75, 3.05) is 13.3 Å². The van der Waals surface area contributed by atoms with Gasteiger partial charge in [-0.25, -0.2) is 4.79 Å². The van der Waals surface area contributed by atoms with Gasteiger partial charge in [0.2, 0.25) is 0 Å².